The minimum Gasteiger partial charge on any atom is -0.497 e. The minimum atomic E-state index is -1.25. The maximum atomic E-state index is 12.0. The number of amides is 1. The zero-order valence-electron chi connectivity index (χ0n) is 13.5. The number of rotatable bonds is 6. The van der Waals surface area contributed by atoms with E-state index in [4.69, 9.17) is 9.15 Å². The first-order valence-electron chi connectivity index (χ1n) is 7.29. The highest BCUT2D eigenvalue weighted by Crippen LogP contribution is 2.21. The Bertz CT molecular complexity index is 687. The summed E-state index contributed by atoms with van der Waals surface area (Å²) in [6.07, 6.45) is 2.98. The fourth-order valence-electron chi connectivity index (χ4n) is 2.13. The summed E-state index contributed by atoms with van der Waals surface area (Å²) in [5.74, 6) is 0.861. The molecule has 2 N–H and O–H groups in total. The second-order valence-corrected chi connectivity index (χ2v) is 5.53. The van der Waals surface area contributed by atoms with Gasteiger partial charge in [0.2, 0.25) is 5.91 Å². The average molecular weight is 315 g/mol. The van der Waals surface area contributed by atoms with E-state index in [9.17, 15) is 9.90 Å². The summed E-state index contributed by atoms with van der Waals surface area (Å²) in [6.45, 7) is 3.49. The van der Waals surface area contributed by atoms with Crippen LogP contribution in [0.2, 0.25) is 0 Å². The number of nitrogens with one attached hydrogen (secondary N) is 1. The van der Waals surface area contributed by atoms with E-state index in [1.807, 2.05) is 31.2 Å². The molecule has 0 aliphatic heterocycles. The number of furan rings is 1. The van der Waals surface area contributed by atoms with Crippen LogP contribution in [-0.2, 0) is 10.4 Å². The van der Waals surface area contributed by atoms with Crippen molar-refractivity contribution in [1.29, 1.82) is 0 Å². The summed E-state index contributed by atoms with van der Waals surface area (Å²) in [5.41, 5.74) is 0.452. The molecule has 0 radical (unpaired) electrons. The quantitative estimate of drug-likeness (QED) is 0.804. The van der Waals surface area contributed by atoms with Crippen LogP contribution in [0, 0.1) is 0 Å². The molecule has 1 unspecified atom stereocenters. The standard InChI is InChI=1S/C18H21NO4/c1-13(14-6-4-7-15(11-14)22-3)10-17(20)19-12-18(2,21)16-8-5-9-23-16/h4-11,21H,12H2,1-3H3,(H,19,20). The molecule has 0 fully saturated rings. The van der Waals surface area contributed by atoms with E-state index in [1.54, 1.807) is 26.2 Å². The van der Waals surface area contributed by atoms with Crippen LogP contribution in [0.3, 0.4) is 0 Å². The molecule has 5 nitrogen and oxygen atoms in total. The van der Waals surface area contributed by atoms with E-state index in [1.165, 1.54) is 12.3 Å². The van der Waals surface area contributed by atoms with E-state index < -0.39 is 5.60 Å². The van der Waals surface area contributed by atoms with Gasteiger partial charge in [-0.3, -0.25) is 4.79 Å². The number of hydrogen-bond donors (Lipinski definition) is 2. The Morgan fingerprint density at radius 3 is 2.83 bits per heavy atom. The van der Waals surface area contributed by atoms with E-state index in [-0.39, 0.29) is 12.5 Å². The Balaban J connectivity index is 2.00. The SMILES string of the molecule is COc1cccc(C(C)=CC(=O)NCC(C)(O)c2ccco2)c1. The molecule has 1 aromatic heterocycles. The molecule has 0 aliphatic carbocycles. The smallest absolute Gasteiger partial charge is 0.244 e. The molecular weight excluding hydrogens is 294 g/mol. The van der Waals surface area contributed by atoms with E-state index in [2.05, 4.69) is 5.32 Å². The lowest BCUT2D eigenvalue weighted by Crippen LogP contribution is -2.37. The summed E-state index contributed by atoms with van der Waals surface area (Å²) >= 11 is 0. The highest BCUT2D eigenvalue weighted by molar-refractivity contribution is 5.94. The van der Waals surface area contributed by atoms with Crippen LogP contribution in [0.4, 0.5) is 0 Å². The Labute approximate surface area is 135 Å². The largest absolute Gasteiger partial charge is 0.497 e. The Morgan fingerprint density at radius 1 is 1.39 bits per heavy atom. The zero-order chi connectivity index (χ0) is 16.9. The third-order valence-corrected chi connectivity index (χ3v) is 3.53. The lowest BCUT2D eigenvalue weighted by molar-refractivity contribution is -0.117. The average Bonchev–Trinajstić information content (AvgIpc) is 3.08. The molecule has 0 aliphatic rings. The highest BCUT2D eigenvalue weighted by Gasteiger charge is 2.26. The predicted molar refractivity (Wildman–Crippen MR) is 87.9 cm³/mol. The van der Waals surface area contributed by atoms with Crippen molar-refractivity contribution in [1.82, 2.24) is 5.32 Å². The molecule has 0 bridgehead atoms. The van der Waals surface area contributed by atoms with Gasteiger partial charge in [-0.15, -0.1) is 0 Å². The second-order valence-electron chi connectivity index (χ2n) is 5.53. The van der Waals surface area contributed by atoms with Gasteiger partial charge in [-0.25, -0.2) is 0 Å². The van der Waals surface area contributed by atoms with Gasteiger partial charge >= 0.3 is 0 Å². The molecule has 2 rings (SSSR count). The normalized spacial score (nSPS) is 14.2. The molecule has 23 heavy (non-hydrogen) atoms. The van der Waals surface area contributed by atoms with Gasteiger partial charge in [0.05, 0.1) is 19.9 Å². The van der Waals surface area contributed by atoms with Crippen molar-refractivity contribution in [3.8, 4) is 5.75 Å². The number of carbonyl (C=O) groups excluding carboxylic acids is 1. The van der Waals surface area contributed by atoms with Gasteiger partial charge in [0, 0.05) is 6.08 Å². The Kier molecular flexibility index (Phi) is 5.24. The van der Waals surface area contributed by atoms with Crippen LogP contribution in [0.25, 0.3) is 5.57 Å². The van der Waals surface area contributed by atoms with Gasteiger partial charge in [-0.2, -0.15) is 0 Å². The monoisotopic (exact) mass is 315 g/mol. The second kappa shape index (κ2) is 7.15. The van der Waals surface area contributed by atoms with Gasteiger partial charge in [0.15, 0.2) is 0 Å². The molecule has 0 spiro atoms. The van der Waals surface area contributed by atoms with E-state index in [0.29, 0.717) is 5.76 Å². The van der Waals surface area contributed by atoms with Gasteiger partial charge in [-0.05, 0) is 49.2 Å². The number of ether oxygens (including phenoxy) is 1. The zero-order valence-corrected chi connectivity index (χ0v) is 13.5. The van der Waals surface area contributed by atoms with Crippen LogP contribution in [0.1, 0.15) is 25.2 Å². The molecule has 5 heteroatoms. The van der Waals surface area contributed by atoms with Crippen molar-refractivity contribution in [2.45, 2.75) is 19.4 Å². The molecule has 122 valence electrons. The van der Waals surface area contributed by atoms with Crippen molar-refractivity contribution < 1.29 is 19.1 Å². The fraction of sp³-hybridized carbons (Fsp3) is 0.278. The molecule has 0 saturated heterocycles. The van der Waals surface area contributed by atoms with Gasteiger partial charge in [0.25, 0.3) is 0 Å². The van der Waals surface area contributed by atoms with Gasteiger partial charge in [-0.1, -0.05) is 12.1 Å². The van der Waals surface area contributed by atoms with Gasteiger partial charge in [0.1, 0.15) is 17.1 Å². The Hall–Kier alpha value is -2.53. The maximum Gasteiger partial charge on any atom is 0.244 e. The van der Waals surface area contributed by atoms with E-state index >= 15 is 0 Å². The minimum absolute atomic E-state index is 0.0568. The molecule has 1 aromatic carbocycles. The Morgan fingerprint density at radius 2 is 2.17 bits per heavy atom. The fourth-order valence-corrected chi connectivity index (χ4v) is 2.13. The summed E-state index contributed by atoms with van der Waals surface area (Å²) in [6, 6.07) is 10.8. The van der Waals surface area contributed by atoms with Gasteiger partial charge < -0.3 is 19.6 Å². The molecule has 1 heterocycles. The molecular formula is C18H21NO4. The number of hydrogen-bond acceptors (Lipinski definition) is 4. The number of aliphatic hydroxyl groups is 1. The maximum absolute atomic E-state index is 12.0. The predicted octanol–water partition coefficient (Wildman–Crippen LogP) is 2.72. The van der Waals surface area contributed by atoms with Crippen LogP contribution in [0.15, 0.2) is 53.2 Å². The highest BCUT2D eigenvalue weighted by atomic mass is 16.5. The summed E-state index contributed by atoms with van der Waals surface area (Å²) < 4.78 is 10.3. The lowest BCUT2D eigenvalue weighted by atomic mass is 10.0. The third-order valence-electron chi connectivity index (χ3n) is 3.53. The van der Waals surface area contributed by atoms with Crippen LogP contribution >= 0.6 is 0 Å². The first-order chi connectivity index (χ1) is 10.9. The molecule has 1 amide bonds. The first-order valence-corrected chi connectivity index (χ1v) is 7.29. The number of carbonyl (C=O) groups is 1. The summed E-state index contributed by atoms with van der Waals surface area (Å²) in [4.78, 5) is 12.0. The van der Waals surface area contributed by atoms with Crippen molar-refractivity contribution in [2.24, 2.45) is 0 Å². The number of benzene rings is 1. The molecule has 1 atom stereocenters. The van der Waals surface area contributed by atoms with Crippen LogP contribution in [0.5, 0.6) is 5.75 Å². The lowest BCUT2D eigenvalue weighted by Gasteiger charge is -2.20. The molecule has 2 aromatic rings. The number of allylic oxidation sites excluding steroid dienone is 1. The van der Waals surface area contributed by atoms with Crippen molar-refractivity contribution >= 4 is 11.5 Å². The van der Waals surface area contributed by atoms with Crippen molar-refractivity contribution in [3.63, 3.8) is 0 Å². The van der Waals surface area contributed by atoms with Crippen molar-refractivity contribution in [3.05, 3.63) is 60.1 Å². The van der Waals surface area contributed by atoms with Crippen LogP contribution in [-0.4, -0.2) is 24.7 Å². The van der Waals surface area contributed by atoms with Crippen LogP contribution < -0.4 is 10.1 Å². The van der Waals surface area contributed by atoms with Crippen molar-refractivity contribution in [2.75, 3.05) is 13.7 Å². The van der Waals surface area contributed by atoms with E-state index in [0.717, 1.165) is 16.9 Å². The summed E-state index contributed by atoms with van der Waals surface area (Å²) in [7, 11) is 1.60. The first kappa shape index (κ1) is 16.8. The third kappa shape index (κ3) is 4.47. The summed E-state index contributed by atoms with van der Waals surface area (Å²) in [5, 5.41) is 13.0. The molecule has 0 saturated carbocycles. The topological polar surface area (TPSA) is 71.7 Å². The number of methoxy groups -OCH3 is 1.